The third kappa shape index (κ3) is 3.45. The van der Waals surface area contributed by atoms with Crippen LogP contribution in [-0.2, 0) is 10.2 Å². The number of hydrogen-bond donors (Lipinski definition) is 1. The fourth-order valence-corrected chi connectivity index (χ4v) is 3.04. The summed E-state index contributed by atoms with van der Waals surface area (Å²) in [5.74, 6) is 0.0311. The van der Waals surface area contributed by atoms with Crippen LogP contribution in [0.3, 0.4) is 0 Å². The van der Waals surface area contributed by atoms with Gasteiger partial charge in [-0.15, -0.1) is 0 Å². The highest BCUT2D eigenvalue weighted by molar-refractivity contribution is 5.92. The molecule has 0 fully saturated rings. The lowest BCUT2D eigenvalue weighted by atomic mass is 9.69. The largest absolute Gasteiger partial charge is 0.358 e. The molecule has 2 aromatic carbocycles. The van der Waals surface area contributed by atoms with E-state index in [1.807, 2.05) is 60.7 Å². The second-order valence-corrected chi connectivity index (χ2v) is 6.23. The Labute approximate surface area is 139 Å². The molecule has 1 atom stereocenters. The van der Waals surface area contributed by atoms with E-state index in [-0.39, 0.29) is 11.9 Å². The maximum Gasteiger partial charge on any atom is 0.234 e. The summed E-state index contributed by atoms with van der Waals surface area (Å²) in [4.78, 5) is 15.2. The summed E-state index contributed by atoms with van der Waals surface area (Å²) in [6.07, 6.45) is 0.716. The third-order valence-electron chi connectivity index (χ3n) is 4.63. The molecule has 0 heterocycles. The van der Waals surface area contributed by atoms with Crippen LogP contribution in [0.25, 0.3) is 0 Å². The zero-order chi connectivity index (χ0) is 16.9. The van der Waals surface area contributed by atoms with Gasteiger partial charge in [0.2, 0.25) is 5.91 Å². The Bertz CT molecular complexity index is 583. The summed E-state index contributed by atoms with van der Waals surface area (Å²) < 4.78 is 0. The molecule has 3 heteroatoms. The van der Waals surface area contributed by atoms with Crippen molar-refractivity contribution in [2.45, 2.75) is 24.8 Å². The molecule has 3 nitrogen and oxygen atoms in total. The van der Waals surface area contributed by atoms with Crippen molar-refractivity contribution in [2.24, 2.45) is 0 Å². The second-order valence-electron chi connectivity index (χ2n) is 6.23. The van der Waals surface area contributed by atoms with Crippen molar-refractivity contribution in [2.75, 3.05) is 21.1 Å². The zero-order valence-electron chi connectivity index (χ0n) is 14.4. The van der Waals surface area contributed by atoms with Crippen LogP contribution in [0.1, 0.15) is 24.5 Å². The first-order chi connectivity index (χ1) is 11.0. The number of carbonyl (C=O) groups excluding carboxylic acids is 1. The highest BCUT2D eigenvalue weighted by Crippen LogP contribution is 2.37. The predicted octanol–water partition coefficient (Wildman–Crippen LogP) is 3.06. The first-order valence-corrected chi connectivity index (χ1v) is 8.02. The summed E-state index contributed by atoms with van der Waals surface area (Å²) in [6, 6.07) is 20.4. The van der Waals surface area contributed by atoms with Gasteiger partial charge in [-0.1, -0.05) is 60.7 Å². The van der Waals surface area contributed by atoms with Gasteiger partial charge < -0.3 is 10.2 Å². The predicted molar refractivity (Wildman–Crippen MR) is 95.5 cm³/mol. The topological polar surface area (TPSA) is 32.3 Å². The maximum atomic E-state index is 13.1. The van der Waals surface area contributed by atoms with Crippen LogP contribution in [0.2, 0.25) is 0 Å². The molecule has 0 spiro atoms. The second kappa shape index (κ2) is 7.42. The van der Waals surface area contributed by atoms with Crippen LogP contribution < -0.4 is 5.32 Å². The van der Waals surface area contributed by atoms with Gasteiger partial charge in [-0.05, 0) is 38.6 Å². The molecule has 2 aromatic rings. The van der Waals surface area contributed by atoms with Crippen LogP contribution in [0.15, 0.2) is 60.7 Å². The maximum absolute atomic E-state index is 13.1. The molecular formula is C20H26N2O. The highest BCUT2D eigenvalue weighted by atomic mass is 16.2. The smallest absolute Gasteiger partial charge is 0.234 e. The number of amides is 1. The molecule has 0 aliphatic rings. The first-order valence-electron chi connectivity index (χ1n) is 8.02. The molecule has 2 rings (SSSR count). The molecule has 0 bridgehead atoms. The fraction of sp³-hybridized carbons (Fsp3) is 0.350. The minimum atomic E-state index is -0.693. The van der Waals surface area contributed by atoms with Gasteiger partial charge in [-0.3, -0.25) is 4.79 Å². The van der Waals surface area contributed by atoms with E-state index in [1.165, 1.54) is 0 Å². The van der Waals surface area contributed by atoms with Crippen molar-refractivity contribution < 1.29 is 4.79 Å². The molecule has 1 N–H and O–H groups in total. The SMILES string of the molecule is CNC(=O)C(C[C@H](C)N(C)C)(c1ccccc1)c1ccccc1. The molecule has 0 aliphatic carbocycles. The van der Waals surface area contributed by atoms with Crippen LogP contribution in [0.4, 0.5) is 0 Å². The number of nitrogens with zero attached hydrogens (tertiary/aromatic N) is 1. The normalized spacial score (nSPS) is 12.9. The first kappa shape index (κ1) is 17.2. The lowest BCUT2D eigenvalue weighted by Crippen LogP contribution is -2.47. The Morgan fingerprint density at radius 2 is 1.43 bits per heavy atom. The van der Waals surface area contributed by atoms with E-state index >= 15 is 0 Å². The summed E-state index contributed by atoms with van der Waals surface area (Å²) in [7, 11) is 5.81. The van der Waals surface area contributed by atoms with E-state index in [2.05, 4.69) is 31.2 Å². The van der Waals surface area contributed by atoms with Crippen molar-refractivity contribution >= 4 is 5.91 Å². The lowest BCUT2D eigenvalue weighted by Gasteiger charge is -2.37. The summed E-state index contributed by atoms with van der Waals surface area (Å²) in [5.41, 5.74) is 1.36. The van der Waals surface area contributed by atoms with E-state index in [0.29, 0.717) is 6.42 Å². The fourth-order valence-electron chi connectivity index (χ4n) is 3.04. The number of carbonyl (C=O) groups is 1. The molecule has 0 aromatic heterocycles. The highest BCUT2D eigenvalue weighted by Gasteiger charge is 2.42. The van der Waals surface area contributed by atoms with E-state index < -0.39 is 5.41 Å². The van der Waals surface area contributed by atoms with E-state index in [9.17, 15) is 4.79 Å². The number of nitrogens with one attached hydrogen (secondary N) is 1. The van der Waals surface area contributed by atoms with Gasteiger partial charge in [0.05, 0.1) is 0 Å². The van der Waals surface area contributed by atoms with Crippen LogP contribution in [0, 0.1) is 0 Å². The number of rotatable bonds is 6. The van der Waals surface area contributed by atoms with Gasteiger partial charge in [-0.2, -0.15) is 0 Å². The Balaban J connectivity index is 2.66. The molecule has 1 amide bonds. The third-order valence-corrected chi connectivity index (χ3v) is 4.63. The van der Waals surface area contributed by atoms with Crippen molar-refractivity contribution in [3.8, 4) is 0 Å². The molecule has 0 radical (unpaired) electrons. The van der Waals surface area contributed by atoms with Gasteiger partial charge in [0.15, 0.2) is 0 Å². The summed E-state index contributed by atoms with van der Waals surface area (Å²) in [6.45, 7) is 2.16. The van der Waals surface area contributed by atoms with Crippen molar-refractivity contribution in [1.29, 1.82) is 0 Å². The Hall–Kier alpha value is -2.13. The number of likely N-dealkylation sites (N-methyl/N-ethyl adjacent to an activating group) is 1. The molecule has 23 heavy (non-hydrogen) atoms. The Morgan fingerprint density at radius 3 is 1.78 bits per heavy atom. The van der Waals surface area contributed by atoms with Gasteiger partial charge in [0.1, 0.15) is 5.41 Å². The van der Waals surface area contributed by atoms with Gasteiger partial charge in [0.25, 0.3) is 0 Å². The van der Waals surface area contributed by atoms with Crippen molar-refractivity contribution in [1.82, 2.24) is 10.2 Å². The van der Waals surface area contributed by atoms with E-state index in [4.69, 9.17) is 0 Å². The van der Waals surface area contributed by atoms with E-state index in [1.54, 1.807) is 7.05 Å². The molecule has 0 saturated heterocycles. The van der Waals surface area contributed by atoms with E-state index in [0.717, 1.165) is 11.1 Å². The van der Waals surface area contributed by atoms with Gasteiger partial charge in [-0.25, -0.2) is 0 Å². The molecule has 122 valence electrons. The van der Waals surface area contributed by atoms with Crippen molar-refractivity contribution in [3.63, 3.8) is 0 Å². The quantitative estimate of drug-likeness (QED) is 0.889. The van der Waals surface area contributed by atoms with Crippen LogP contribution in [0.5, 0.6) is 0 Å². The average Bonchev–Trinajstić information content (AvgIpc) is 2.60. The minimum Gasteiger partial charge on any atom is -0.358 e. The van der Waals surface area contributed by atoms with Gasteiger partial charge in [0, 0.05) is 13.1 Å². The Kier molecular flexibility index (Phi) is 5.56. The lowest BCUT2D eigenvalue weighted by molar-refractivity contribution is -0.125. The Morgan fingerprint density at radius 1 is 1.00 bits per heavy atom. The summed E-state index contributed by atoms with van der Waals surface area (Å²) >= 11 is 0. The molecule has 0 unspecified atom stereocenters. The zero-order valence-corrected chi connectivity index (χ0v) is 14.4. The van der Waals surface area contributed by atoms with Crippen LogP contribution >= 0.6 is 0 Å². The standard InChI is InChI=1S/C20H26N2O/c1-16(22(3)4)15-20(19(23)21-2,17-11-7-5-8-12-17)18-13-9-6-10-14-18/h5-14,16H,15H2,1-4H3,(H,21,23)/t16-/m0/s1. The van der Waals surface area contributed by atoms with Gasteiger partial charge >= 0.3 is 0 Å². The number of benzene rings is 2. The average molecular weight is 310 g/mol. The molecule has 0 aliphatic heterocycles. The summed E-state index contributed by atoms with van der Waals surface area (Å²) in [5, 5.41) is 2.89. The molecular weight excluding hydrogens is 284 g/mol. The monoisotopic (exact) mass is 310 g/mol. The number of hydrogen-bond acceptors (Lipinski definition) is 2. The van der Waals surface area contributed by atoms with Crippen molar-refractivity contribution in [3.05, 3.63) is 71.8 Å². The molecule has 0 saturated carbocycles. The minimum absolute atomic E-state index is 0.0311. The van der Waals surface area contributed by atoms with Crippen LogP contribution in [-0.4, -0.2) is 38.0 Å².